The third-order valence-corrected chi connectivity index (χ3v) is 3.65. The minimum Gasteiger partial charge on any atom is -0.238 e. The van der Waals surface area contributed by atoms with E-state index in [1.54, 1.807) is 28.9 Å². The first-order chi connectivity index (χ1) is 7.88. The van der Waals surface area contributed by atoms with Crippen LogP contribution in [0, 0.1) is 13.8 Å². The van der Waals surface area contributed by atoms with Crippen molar-refractivity contribution in [3.05, 3.63) is 41.7 Å². The first kappa shape index (κ1) is 11.9. The second-order valence-corrected chi connectivity index (χ2v) is 6.12. The Bertz CT molecular complexity index is 640. The zero-order chi connectivity index (χ0) is 12.6. The van der Waals surface area contributed by atoms with Gasteiger partial charge in [0.15, 0.2) is 9.84 Å². The van der Waals surface area contributed by atoms with Crippen molar-refractivity contribution in [2.45, 2.75) is 18.7 Å². The maximum atomic E-state index is 11.3. The summed E-state index contributed by atoms with van der Waals surface area (Å²) in [6.45, 7) is 3.89. The highest BCUT2D eigenvalue weighted by molar-refractivity contribution is 7.90. The summed E-state index contributed by atoms with van der Waals surface area (Å²) in [4.78, 5) is 0.322. The van der Waals surface area contributed by atoms with Crippen LogP contribution in [0.1, 0.15) is 11.4 Å². The summed E-state index contributed by atoms with van der Waals surface area (Å²) in [5.74, 6) is 0. The Morgan fingerprint density at radius 3 is 2.12 bits per heavy atom. The van der Waals surface area contributed by atoms with Crippen molar-refractivity contribution >= 4 is 9.84 Å². The number of hydrogen-bond acceptors (Lipinski definition) is 3. The van der Waals surface area contributed by atoms with E-state index in [0.717, 1.165) is 17.1 Å². The Labute approximate surface area is 101 Å². The molecule has 1 aromatic heterocycles. The summed E-state index contributed by atoms with van der Waals surface area (Å²) in [6.07, 6.45) is 1.20. The number of rotatable bonds is 2. The summed E-state index contributed by atoms with van der Waals surface area (Å²) in [5, 5.41) is 4.34. The quantitative estimate of drug-likeness (QED) is 0.818. The lowest BCUT2D eigenvalue weighted by Crippen LogP contribution is -2.01. The number of aromatic nitrogens is 2. The predicted molar refractivity (Wildman–Crippen MR) is 66.1 cm³/mol. The second kappa shape index (κ2) is 4.00. The molecule has 0 aliphatic heterocycles. The lowest BCUT2D eigenvalue weighted by atomic mass is 10.3. The van der Waals surface area contributed by atoms with Crippen LogP contribution in [0.4, 0.5) is 0 Å². The molecule has 2 rings (SSSR count). The van der Waals surface area contributed by atoms with Crippen molar-refractivity contribution in [2.24, 2.45) is 0 Å². The van der Waals surface area contributed by atoms with Gasteiger partial charge in [-0.1, -0.05) is 0 Å². The molecule has 0 atom stereocenters. The largest absolute Gasteiger partial charge is 0.238 e. The first-order valence-corrected chi connectivity index (χ1v) is 7.11. The average molecular weight is 250 g/mol. The van der Waals surface area contributed by atoms with Crippen molar-refractivity contribution in [3.63, 3.8) is 0 Å². The van der Waals surface area contributed by atoms with Crippen molar-refractivity contribution in [2.75, 3.05) is 6.26 Å². The normalized spacial score (nSPS) is 11.7. The van der Waals surface area contributed by atoms with Crippen LogP contribution in [0.5, 0.6) is 0 Å². The Hall–Kier alpha value is -1.62. The molecule has 0 saturated carbocycles. The van der Waals surface area contributed by atoms with Gasteiger partial charge < -0.3 is 0 Å². The van der Waals surface area contributed by atoms with Gasteiger partial charge >= 0.3 is 0 Å². The van der Waals surface area contributed by atoms with E-state index in [0.29, 0.717) is 4.90 Å². The molecule has 17 heavy (non-hydrogen) atoms. The fourth-order valence-corrected chi connectivity index (χ4v) is 2.36. The lowest BCUT2D eigenvalue weighted by Gasteiger charge is -2.05. The Kier molecular flexibility index (Phi) is 2.79. The van der Waals surface area contributed by atoms with E-state index >= 15 is 0 Å². The molecule has 0 bridgehead atoms. The van der Waals surface area contributed by atoms with Gasteiger partial charge in [0.05, 0.1) is 16.3 Å². The smallest absolute Gasteiger partial charge is 0.175 e. The van der Waals surface area contributed by atoms with Crippen LogP contribution in [0.3, 0.4) is 0 Å². The van der Waals surface area contributed by atoms with Crippen molar-refractivity contribution < 1.29 is 8.42 Å². The fourth-order valence-electron chi connectivity index (χ4n) is 1.72. The molecule has 0 saturated heterocycles. The Morgan fingerprint density at radius 2 is 1.71 bits per heavy atom. The van der Waals surface area contributed by atoms with Gasteiger partial charge in [-0.2, -0.15) is 5.10 Å². The Morgan fingerprint density at radius 1 is 1.12 bits per heavy atom. The van der Waals surface area contributed by atoms with Gasteiger partial charge in [-0.05, 0) is 44.2 Å². The zero-order valence-corrected chi connectivity index (χ0v) is 10.8. The number of aryl methyl sites for hydroxylation is 2. The lowest BCUT2D eigenvalue weighted by molar-refractivity contribution is 0.602. The summed E-state index contributed by atoms with van der Waals surface area (Å²) >= 11 is 0. The summed E-state index contributed by atoms with van der Waals surface area (Å²) in [7, 11) is -3.14. The van der Waals surface area contributed by atoms with Crippen LogP contribution in [-0.2, 0) is 9.84 Å². The molecular formula is C12H14N2O2S. The molecule has 0 unspecified atom stereocenters. The third kappa shape index (κ3) is 2.39. The number of hydrogen-bond donors (Lipinski definition) is 0. The van der Waals surface area contributed by atoms with Crippen molar-refractivity contribution in [1.29, 1.82) is 0 Å². The predicted octanol–water partition coefficient (Wildman–Crippen LogP) is 1.89. The minimum absolute atomic E-state index is 0.322. The van der Waals surface area contributed by atoms with E-state index in [1.165, 1.54) is 6.26 Å². The Balaban J connectivity index is 2.46. The maximum Gasteiger partial charge on any atom is 0.175 e. The highest BCUT2D eigenvalue weighted by atomic mass is 32.2. The summed E-state index contributed by atoms with van der Waals surface area (Å²) < 4.78 is 24.5. The molecule has 0 spiro atoms. The molecular weight excluding hydrogens is 236 g/mol. The molecule has 0 aliphatic rings. The second-order valence-electron chi connectivity index (χ2n) is 4.10. The van der Waals surface area contributed by atoms with Gasteiger partial charge in [-0.25, -0.2) is 13.1 Å². The standard InChI is InChI=1S/C12H14N2O2S/c1-9-8-10(2)14(13-9)11-4-6-12(7-5-11)17(3,15)16/h4-8H,1-3H3. The average Bonchev–Trinajstić information content (AvgIpc) is 2.57. The molecule has 0 N–H and O–H groups in total. The third-order valence-electron chi connectivity index (χ3n) is 2.52. The first-order valence-electron chi connectivity index (χ1n) is 5.22. The van der Waals surface area contributed by atoms with E-state index < -0.39 is 9.84 Å². The molecule has 1 heterocycles. The number of nitrogens with zero attached hydrogens (tertiary/aromatic N) is 2. The molecule has 0 amide bonds. The summed E-state index contributed by atoms with van der Waals surface area (Å²) in [5.41, 5.74) is 2.83. The highest BCUT2D eigenvalue weighted by Crippen LogP contribution is 2.15. The molecule has 4 nitrogen and oxygen atoms in total. The van der Waals surface area contributed by atoms with Gasteiger partial charge in [0.1, 0.15) is 0 Å². The zero-order valence-electron chi connectivity index (χ0n) is 10.0. The van der Waals surface area contributed by atoms with Crippen LogP contribution < -0.4 is 0 Å². The van der Waals surface area contributed by atoms with E-state index in [2.05, 4.69) is 5.10 Å². The molecule has 2 aromatic rings. The van der Waals surface area contributed by atoms with E-state index in [1.807, 2.05) is 19.9 Å². The van der Waals surface area contributed by atoms with Crippen LogP contribution in [0.25, 0.3) is 5.69 Å². The minimum atomic E-state index is -3.14. The monoisotopic (exact) mass is 250 g/mol. The molecule has 0 radical (unpaired) electrons. The van der Waals surface area contributed by atoms with Crippen LogP contribution in [0.15, 0.2) is 35.2 Å². The fraction of sp³-hybridized carbons (Fsp3) is 0.250. The maximum absolute atomic E-state index is 11.3. The van der Waals surface area contributed by atoms with Gasteiger partial charge in [0, 0.05) is 11.9 Å². The molecule has 5 heteroatoms. The van der Waals surface area contributed by atoms with E-state index in [4.69, 9.17) is 0 Å². The number of benzene rings is 1. The van der Waals surface area contributed by atoms with Crippen LogP contribution >= 0.6 is 0 Å². The molecule has 90 valence electrons. The van der Waals surface area contributed by atoms with Gasteiger partial charge in [-0.3, -0.25) is 0 Å². The van der Waals surface area contributed by atoms with E-state index in [9.17, 15) is 8.42 Å². The van der Waals surface area contributed by atoms with Gasteiger partial charge in [-0.15, -0.1) is 0 Å². The topological polar surface area (TPSA) is 52.0 Å². The highest BCUT2D eigenvalue weighted by Gasteiger charge is 2.08. The molecule has 0 fully saturated rings. The SMILES string of the molecule is Cc1cc(C)n(-c2ccc(S(C)(=O)=O)cc2)n1. The van der Waals surface area contributed by atoms with Gasteiger partial charge in [0.25, 0.3) is 0 Å². The molecule has 0 aliphatic carbocycles. The van der Waals surface area contributed by atoms with Crippen LogP contribution in [-0.4, -0.2) is 24.5 Å². The van der Waals surface area contributed by atoms with Gasteiger partial charge in [0.2, 0.25) is 0 Å². The van der Waals surface area contributed by atoms with Crippen LogP contribution in [0.2, 0.25) is 0 Å². The summed E-state index contributed by atoms with van der Waals surface area (Å²) in [6, 6.07) is 8.69. The van der Waals surface area contributed by atoms with E-state index in [-0.39, 0.29) is 0 Å². The van der Waals surface area contributed by atoms with Crippen molar-refractivity contribution in [1.82, 2.24) is 9.78 Å². The van der Waals surface area contributed by atoms with Crippen molar-refractivity contribution in [3.8, 4) is 5.69 Å². The molecule has 1 aromatic carbocycles. The number of sulfone groups is 1.